The van der Waals surface area contributed by atoms with Crippen molar-refractivity contribution >= 4 is 52.0 Å². The Labute approximate surface area is 111 Å². The van der Waals surface area contributed by atoms with Gasteiger partial charge in [-0.15, -0.1) is 21.5 Å². The fraction of sp³-hybridized carbons (Fsp3) is 0.125. The van der Waals surface area contributed by atoms with Gasteiger partial charge in [-0.1, -0.05) is 23.2 Å². The molecule has 0 bridgehead atoms. The molecule has 1 N–H and O–H groups in total. The van der Waals surface area contributed by atoms with Crippen LogP contribution < -0.4 is 5.32 Å². The number of thiophene rings is 1. The zero-order valence-electron chi connectivity index (χ0n) is 7.75. The van der Waals surface area contributed by atoms with Crippen LogP contribution in [-0.4, -0.2) is 15.2 Å². The van der Waals surface area contributed by atoms with Crippen LogP contribution in [0.3, 0.4) is 0 Å². The molecule has 2 aromatic heterocycles. The first-order chi connectivity index (χ1) is 7.65. The average Bonchev–Trinajstić information content (AvgIpc) is 2.66. The Balaban J connectivity index is 2.07. The molecule has 2 rings (SSSR count). The van der Waals surface area contributed by atoms with E-state index in [0.717, 1.165) is 9.21 Å². The second-order valence-corrected chi connectivity index (χ2v) is 5.28. The zero-order valence-corrected chi connectivity index (χ0v) is 10.8. The Morgan fingerprint density at radius 1 is 1.19 bits per heavy atom. The Kier molecular flexibility index (Phi) is 3.81. The molecule has 0 saturated carbocycles. The number of nitrogens with zero attached hydrogens (tertiary/aromatic N) is 3. The van der Waals surface area contributed by atoms with Crippen molar-refractivity contribution in [2.45, 2.75) is 6.54 Å². The molecule has 0 aliphatic heterocycles. The van der Waals surface area contributed by atoms with Gasteiger partial charge in [0.2, 0.25) is 5.28 Å². The van der Waals surface area contributed by atoms with E-state index in [2.05, 4.69) is 20.5 Å². The van der Waals surface area contributed by atoms with Gasteiger partial charge in [0.25, 0.3) is 0 Å². The van der Waals surface area contributed by atoms with Crippen molar-refractivity contribution in [2.75, 3.05) is 5.32 Å². The molecule has 0 radical (unpaired) electrons. The topological polar surface area (TPSA) is 50.7 Å². The molecule has 0 aliphatic rings. The average molecular weight is 296 g/mol. The maximum atomic E-state index is 5.80. The molecule has 0 aliphatic carbocycles. The number of hydrogen-bond acceptors (Lipinski definition) is 5. The molecule has 16 heavy (non-hydrogen) atoms. The normalized spacial score (nSPS) is 10.4. The van der Waals surface area contributed by atoms with Crippen molar-refractivity contribution in [3.8, 4) is 0 Å². The first kappa shape index (κ1) is 11.9. The summed E-state index contributed by atoms with van der Waals surface area (Å²) in [4.78, 5) is 4.98. The van der Waals surface area contributed by atoms with Gasteiger partial charge in [0.1, 0.15) is 0 Å². The summed E-state index contributed by atoms with van der Waals surface area (Å²) in [7, 11) is 0. The maximum Gasteiger partial charge on any atom is 0.245 e. The van der Waals surface area contributed by atoms with E-state index in [-0.39, 0.29) is 10.4 Å². The summed E-state index contributed by atoms with van der Waals surface area (Å²) in [5.74, 6) is 0.409. The minimum absolute atomic E-state index is 0.0520. The number of halogens is 3. The van der Waals surface area contributed by atoms with Gasteiger partial charge < -0.3 is 5.32 Å². The van der Waals surface area contributed by atoms with Crippen LogP contribution in [0, 0.1) is 0 Å². The summed E-state index contributed by atoms with van der Waals surface area (Å²) in [6.07, 6.45) is 0. The van der Waals surface area contributed by atoms with E-state index in [4.69, 9.17) is 34.8 Å². The highest BCUT2D eigenvalue weighted by molar-refractivity contribution is 7.16. The van der Waals surface area contributed by atoms with Crippen LogP contribution in [-0.2, 0) is 6.54 Å². The van der Waals surface area contributed by atoms with Crippen molar-refractivity contribution in [3.05, 3.63) is 31.8 Å². The number of rotatable bonds is 3. The van der Waals surface area contributed by atoms with Crippen LogP contribution in [0.1, 0.15) is 4.88 Å². The first-order valence-electron chi connectivity index (χ1n) is 4.19. The molecule has 0 fully saturated rings. The lowest BCUT2D eigenvalue weighted by atomic mass is 10.4. The van der Waals surface area contributed by atoms with Gasteiger partial charge in [0.05, 0.1) is 10.9 Å². The van der Waals surface area contributed by atoms with E-state index >= 15 is 0 Å². The molecule has 0 saturated heterocycles. The van der Waals surface area contributed by atoms with Crippen LogP contribution >= 0.6 is 46.1 Å². The molecule has 2 heterocycles. The third-order valence-corrected chi connectivity index (χ3v) is 3.32. The molecule has 4 nitrogen and oxygen atoms in total. The second kappa shape index (κ2) is 5.14. The van der Waals surface area contributed by atoms with E-state index < -0.39 is 0 Å². The maximum absolute atomic E-state index is 5.80. The van der Waals surface area contributed by atoms with Crippen LogP contribution in [0.4, 0.5) is 5.82 Å². The lowest BCUT2D eigenvalue weighted by Gasteiger charge is -2.04. The Bertz CT molecular complexity index is 502. The minimum atomic E-state index is 0.0520. The zero-order chi connectivity index (χ0) is 11.5. The monoisotopic (exact) mass is 294 g/mol. The lowest BCUT2D eigenvalue weighted by Crippen LogP contribution is -2.03. The van der Waals surface area contributed by atoms with E-state index in [1.807, 2.05) is 12.1 Å². The summed E-state index contributed by atoms with van der Waals surface area (Å²) < 4.78 is 0.738. The molecule has 0 unspecified atom stereocenters. The summed E-state index contributed by atoms with van der Waals surface area (Å²) >= 11 is 18.7. The Hall–Kier alpha value is -0.620. The summed E-state index contributed by atoms with van der Waals surface area (Å²) in [6.45, 7) is 0.562. The Morgan fingerprint density at radius 3 is 2.69 bits per heavy atom. The highest BCUT2D eigenvalue weighted by Crippen LogP contribution is 2.23. The van der Waals surface area contributed by atoms with Crippen LogP contribution in [0.5, 0.6) is 0 Å². The number of anilines is 1. The van der Waals surface area contributed by atoms with E-state index in [9.17, 15) is 0 Å². The van der Waals surface area contributed by atoms with Crippen molar-refractivity contribution in [3.63, 3.8) is 0 Å². The van der Waals surface area contributed by atoms with Crippen LogP contribution in [0.25, 0.3) is 0 Å². The predicted octanol–water partition coefficient (Wildman–Crippen LogP) is 3.51. The van der Waals surface area contributed by atoms with Gasteiger partial charge in [0.15, 0.2) is 11.0 Å². The quantitative estimate of drug-likeness (QED) is 0.941. The van der Waals surface area contributed by atoms with Gasteiger partial charge in [-0.3, -0.25) is 0 Å². The fourth-order valence-electron chi connectivity index (χ4n) is 1.02. The summed E-state index contributed by atoms with van der Waals surface area (Å²) in [5.41, 5.74) is 0. The fourth-order valence-corrected chi connectivity index (χ4v) is 2.32. The number of hydrogen-bond donors (Lipinski definition) is 1. The molecule has 0 atom stereocenters. The largest absolute Gasteiger partial charge is 0.362 e. The SMILES string of the molecule is Clc1nnc(Cl)c(NCc2ccc(Cl)s2)n1. The van der Waals surface area contributed by atoms with Gasteiger partial charge in [-0.05, 0) is 23.7 Å². The molecule has 0 aromatic carbocycles. The summed E-state index contributed by atoms with van der Waals surface area (Å²) in [5, 5.41) is 10.4. The second-order valence-electron chi connectivity index (χ2n) is 2.78. The van der Waals surface area contributed by atoms with Crippen molar-refractivity contribution in [1.29, 1.82) is 0 Å². The molecule has 2 aromatic rings. The van der Waals surface area contributed by atoms with Crippen molar-refractivity contribution in [1.82, 2.24) is 15.2 Å². The molecule has 0 spiro atoms. The molecular weight excluding hydrogens is 291 g/mol. The first-order valence-corrected chi connectivity index (χ1v) is 6.14. The Morgan fingerprint density at radius 2 is 2.00 bits per heavy atom. The van der Waals surface area contributed by atoms with Gasteiger partial charge in [-0.2, -0.15) is 4.98 Å². The van der Waals surface area contributed by atoms with Gasteiger partial charge in [-0.25, -0.2) is 0 Å². The molecule has 8 heteroatoms. The third kappa shape index (κ3) is 2.95. The standard InChI is InChI=1S/C8H5Cl3N4S/c9-5-2-1-4(16-5)3-12-7-6(10)14-15-8(11)13-7/h1-2H,3H2,(H,12,13,15). The predicted molar refractivity (Wildman–Crippen MR) is 66.5 cm³/mol. The smallest absolute Gasteiger partial charge is 0.245 e. The van der Waals surface area contributed by atoms with Gasteiger partial charge >= 0.3 is 0 Å². The molecule has 0 amide bonds. The highest BCUT2D eigenvalue weighted by atomic mass is 35.5. The highest BCUT2D eigenvalue weighted by Gasteiger charge is 2.06. The van der Waals surface area contributed by atoms with E-state index in [0.29, 0.717) is 12.4 Å². The molecular formula is C8H5Cl3N4S. The number of nitrogens with one attached hydrogen (secondary N) is 1. The minimum Gasteiger partial charge on any atom is -0.362 e. The summed E-state index contributed by atoms with van der Waals surface area (Å²) in [6, 6.07) is 3.75. The van der Waals surface area contributed by atoms with Crippen LogP contribution in [0.2, 0.25) is 14.8 Å². The van der Waals surface area contributed by atoms with Crippen molar-refractivity contribution in [2.24, 2.45) is 0 Å². The van der Waals surface area contributed by atoms with E-state index in [1.165, 1.54) is 11.3 Å². The molecule has 84 valence electrons. The van der Waals surface area contributed by atoms with Crippen LogP contribution in [0.15, 0.2) is 12.1 Å². The number of aromatic nitrogens is 3. The lowest BCUT2D eigenvalue weighted by molar-refractivity contribution is 0.961. The van der Waals surface area contributed by atoms with Crippen molar-refractivity contribution < 1.29 is 0 Å². The van der Waals surface area contributed by atoms with Gasteiger partial charge in [0, 0.05) is 4.88 Å². The third-order valence-electron chi connectivity index (χ3n) is 1.68. The van der Waals surface area contributed by atoms with E-state index in [1.54, 1.807) is 0 Å².